The maximum Gasteiger partial charge on any atom is 0.234 e. The van der Waals surface area contributed by atoms with Gasteiger partial charge in [0.15, 0.2) is 5.16 Å². The van der Waals surface area contributed by atoms with Crippen molar-refractivity contribution < 1.29 is 14.3 Å². The van der Waals surface area contributed by atoms with E-state index in [0.717, 1.165) is 27.6 Å². The van der Waals surface area contributed by atoms with E-state index >= 15 is 0 Å². The van der Waals surface area contributed by atoms with E-state index in [1.807, 2.05) is 52.9 Å². The molecular weight excluding hydrogens is 460 g/mol. The van der Waals surface area contributed by atoms with Gasteiger partial charge in [0.05, 0.1) is 47.2 Å². The summed E-state index contributed by atoms with van der Waals surface area (Å²) in [6, 6.07) is 19.0. The average Bonchev–Trinajstić information content (AvgIpc) is 3.23. The van der Waals surface area contributed by atoms with E-state index in [4.69, 9.17) is 31.0 Å². The van der Waals surface area contributed by atoms with Crippen LogP contribution in [0.15, 0.2) is 65.8 Å². The molecule has 0 aliphatic heterocycles. The number of carbonyl (C=O) groups excluding carboxylic acids is 1. The first-order chi connectivity index (χ1) is 16.1. The Morgan fingerprint density at radius 3 is 2.52 bits per heavy atom. The Bertz CT molecular complexity index is 1520. The average molecular weight is 479 g/mol. The minimum Gasteiger partial charge on any atom is -0.495 e. The number of amides is 1. The number of nitrogens with one attached hydrogen (secondary N) is 1. The third-order valence-corrected chi connectivity index (χ3v) is 6.43. The zero-order chi connectivity index (χ0) is 22.9. The number of benzene rings is 3. The van der Waals surface area contributed by atoms with E-state index < -0.39 is 0 Å². The van der Waals surface area contributed by atoms with Crippen LogP contribution in [0, 0.1) is 0 Å². The highest BCUT2D eigenvalue weighted by molar-refractivity contribution is 7.99. The summed E-state index contributed by atoms with van der Waals surface area (Å²) in [6.07, 6.45) is 0. The highest BCUT2D eigenvalue weighted by Crippen LogP contribution is 2.36. The number of imidazole rings is 1. The van der Waals surface area contributed by atoms with Gasteiger partial charge < -0.3 is 14.8 Å². The lowest BCUT2D eigenvalue weighted by atomic mass is 10.2. The van der Waals surface area contributed by atoms with Gasteiger partial charge in [0.1, 0.15) is 17.1 Å². The number of rotatable bonds is 6. The van der Waals surface area contributed by atoms with E-state index in [0.29, 0.717) is 27.4 Å². The summed E-state index contributed by atoms with van der Waals surface area (Å²) in [5.74, 6) is 0.851. The molecule has 0 fully saturated rings. The molecule has 5 rings (SSSR count). The fourth-order valence-corrected chi connectivity index (χ4v) is 4.73. The van der Waals surface area contributed by atoms with Gasteiger partial charge >= 0.3 is 0 Å². The number of carbonyl (C=O) groups is 1. The smallest absolute Gasteiger partial charge is 0.234 e. The van der Waals surface area contributed by atoms with Crippen LogP contribution in [0.25, 0.3) is 27.6 Å². The van der Waals surface area contributed by atoms with Crippen LogP contribution in [-0.4, -0.2) is 40.2 Å². The number of fused-ring (bicyclic) bond motifs is 5. The van der Waals surface area contributed by atoms with Crippen LogP contribution >= 0.6 is 23.4 Å². The summed E-state index contributed by atoms with van der Waals surface area (Å²) in [5, 5.41) is 4.89. The number of anilines is 1. The monoisotopic (exact) mass is 478 g/mol. The Hall–Kier alpha value is -3.49. The standard InChI is InChI=1S/C24H19ClN4O3S/c1-31-20-12-21(32-2)18(11-15(20)25)26-22(30)13-33-24-28-16-8-4-3-7-14(16)23-27-17-9-5-6-10-19(17)29(23)24/h3-12H,13H2,1-2H3,(H,26,30). The molecule has 2 aromatic heterocycles. The number of nitrogens with zero attached hydrogens (tertiary/aromatic N) is 3. The summed E-state index contributed by atoms with van der Waals surface area (Å²) in [7, 11) is 3.04. The molecule has 1 amide bonds. The maximum absolute atomic E-state index is 12.8. The van der Waals surface area contributed by atoms with Gasteiger partial charge in [-0.25, -0.2) is 9.97 Å². The molecule has 166 valence electrons. The molecule has 0 radical (unpaired) electrons. The SMILES string of the molecule is COc1cc(OC)c(NC(=O)CSc2nc3ccccc3c3nc4ccccc4n23)cc1Cl. The second-order valence-electron chi connectivity index (χ2n) is 7.19. The second-order valence-corrected chi connectivity index (χ2v) is 8.54. The van der Waals surface area contributed by atoms with E-state index in [-0.39, 0.29) is 11.7 Å². The van der Waals surface area contributed by atoms with Gasteiger partial charge in [0.25, 0.3) is 0 Å². The normalized spacial score (nSPS) is 11.2. The molecule has 9 heteroatoms. The first-order valence-electron chi connectivity index (χ1n) is 10.1. The number of hydrogen-bond donors (Lipinski definition) is 1. The third-order valence-electron chi connectivity index (χ3n) is 5.19. The quantitative estimate of drug-likeness (QED) is 0.259. The van der Waals surface area contributed by atoms with Crippen LogP contribution in [-0.2, 0) is 4.79 Å². The molecule has 0 spiro atoms. The molecule has 0 saturated carbocycles. The van der Waals surface area contributed by atoms with Crippen molar-refractivity contribution in [3.05, 3.63) is 65.7 Å². The van der Waals surface area contributed by atoms with Crippen molar-refractivity contribution in [2.45, 2.75) is 5.16 Å². The van der Waals surface area contributed by atoms with E-state index in [2.05, 4.69) is 5.32 Å². The molecule has 1 N–H and O–H groups in total. The second kappa shape index (κ2) is 8.80. The Morgan fingerprint density at radius 2 is 1.73 bits per heavy atom. The zero-order valence-corrected chi connectivity index (χ0v) is 19.4. The Morgan fingerprint density at radius 1 is 1.00 bits per heavy atom. The van der Waals surface area contributed by atoms with Gasteiger partial charge in [-0.3, -0.25) is 9.20 Å². The summed E-state index contributed by atoms with van der Waals surface area (Å²) >= 11 is 7.56. The van der Waals surface area contributed by atoms with Crippen molar-refractivity contribution in [2.24, 2.45) is 0 Å². The van der Waals surface area contributed by atoms with Gasteiger partial charge in [-0.1, -0.05) is 47.6 Å². The summed E-state index contributed by atoms with van der Waals surface area (Å²) in [4.78, 5) is 22.4. The van der Waals surface area contributed by atoms with Crippen LogP contribution in [0.1, 0.15) is 0 Å². The predicted molar refractivity (Wildman–Crippen MR) is 132 cm³/mol. The molecule has 0 unspecified atom stereocenters. The largest absolute Gasteiger partial charge is 0.495 e. The molecular formula is C24H19ClN4O3S. The van der Waals surface area contributed by atoms with Gasteiger partial charge in [0.2, 0.25) is 5.91 Å². The molecule has 2 heterocycles. The number of ether oxygens (including phenoxy) is 2. The molecule has 5 aromatic rings. The Kier molecular flexibility index (Phi) is 5.70. The molecule has 0 atom stereocenters. The van der Waals surface area contributed by atoms with Crippen molar-refractivity contribution >= 4 is 62.5 Å². The lowest BCUT2D eigenvalue weighted by Crippen LogP contribution is -2.15. The highest BCUT2D eigenvalue weighted by atomic mass is 35.5. The molecule has 0 aliphatic carbocycles. The number of halogens is 1. The first kappa shape index (κ1) is 21.4. The highest BCUT2D eigenvalue weighted by Gasteiger charge is 2.17. The van der Waals surface area contributed by atoms with Crippen LogP contribution in [0.4, 0.5) is 5.69 Å². The van der Waals surface area contributed by atoms with Gasteiger partial charge in [-0.05, 0) is 30.3 Å². The van der Waals surface area contributed by atoms with E-state index in [1.165, 1.54) is 26.0 Å². The van der Waals surface area contributed by atoms with Gasteiger partial charge in [0, 0.05) is 11.5 Å². The topological polar surface area (TPSA) is 77.8 Å². The summed E-state index contributed by atoms with van der Waals surface area (Å²) < 4.78 is 12.6. The van der Waals surface area contributed by atoms with Gasteiger partial charge in [-0.2, -0.15) is 0 Å². The predicted octanol–water partition coefficient (Wildman–Crippen LogP) is 5.44. The van der Waals surface area contributed by atoms with Crippen molar-refractivity contribution in [3.8, 4) is 11.5 Å². The summed E-state index contributed by atoms with van der Waals surface area (Å²) in [6.45, 7) is 0. The zero-order valence-electron chi connectivity index (χ0n) is 17.8. The fraction of sp³-hybridized carbons (Fsp3) is 0.125. The number of hydrogen-bond acceptors (Lipinski definition) is 6. The number of methoxy groups -OCH3 is 2. The minimum absolute atomic E-state index is 0.139. The minimum atomic E-state index is -0.216. The van der Waals surface area contributed by atoms with Gasteiger partial charge in [-0.15, -0.1) is 0 Å². The molecule has 3 aromatic carbocycles. The molecule has 7 nitrogen and oxygen atoms in total. The number of aromatic nitrogens is 3. The van der Waals surface area contributed by atoms with Crippen LogP contribution in [0.5, 0.6) is 11.5 Å². The Balaban J connectivity index is 1.47. The molecule has 0 saturated heterocycles. The fourth-order valence-electron chi connectivity index (χ4n) is 3.68. The van der Waals surface area contributed by atoms with Crippen molar-refractivity contribution in [3.63, 3.8) is 0 Å². The van der Waals surface area contributed by atoms with Crippen LogP contribution in [0.2, 0.25) is 5.02 Å². The lowest BCUT2D eigenvalue weighted by molar-refractivity contribution is -0.113. The lowest BCUT2D eigenvalue weighted by Gasteiger charge is -2.13. The molecule has 0 aliphatic rings. The first-order valence-corrected chi connectivity index (χ1v) is 11.5. The summed E-state index contributed by atoms with van der Waals surface area (Å²) in [5.41, 5.74) is 3.93. The van der Waals surface area contributed by atoms with E-state index in [1.54, 1.807) is 12.1 Å². The molecule has 33 heavy (non-hydrogen) atoms. The van der Waals surface area contributed by atoms with Crippen LogP contribution < -0.4 is 14.8 Å². The van der Waals surface area contributed by atoms with Crippen LogP contribution in [0.3, 0.4) is 0 Å². The van der Waals surface area contributed by atoms with Crippen molar-refractivity contribution in [1.29, 1.82) is 0 Å². The van der Waals surface area contributed by atoms with E-state index in [9.17, 15) is 4.79 Å². The Labute approximate surface area is 198 Å². The molecule has 0 bridgehead atoms. The van der Waals surface area contributed by atoms with Crippen molar-refractivity contribution in [2.75, 3.05) is 25.3 Å². The number of para-hydroxylation sites is 3. The number of thioether (sulfide) groups is 1. The van der Waals surface area contributed by atoms with Crippen molar-refractivity contribution in [1.82, 2.24) is 14.4 Å². The third kappa shape index (κ3) is 3.92. The maximum atomic E-state index is 12.8.